The summed E-state index contributed by atoms with van der Waals surface area (Å²) in [5, 5.41) is 11.0. The summed E-state index contributed by atoms with van der Waals surface area (Å²) in [6.45, 7) is 7.30. The molecular formula is C10H20N4O. The van der Waals surface area contributed by atoms with Gasteiger partial charge in [-0.15, -0.1) is 5.10 Å². The molecule has 0 amide bonds. The quantitative estimate of drug-likeness (QED) is 0.675. The fourth-order valence-corrected chi connectivity index (χ4v) is 1.19. The Morgan fingerprint density at radius 1 is 1.53 bits per heavy atom. The van der Waals surface area contributed by atoms with E-state index in [2.05, 4.69) is 29.5 Å². The van der Waals surface area contributed by atoms with Crippen LogP contribution < -0.4 is 5.32 Å². The van der Waals surface area contributed by atoms with Gasteiger partial charge in [0.05, 0.1) is 18.8 Å². The second kappa shape index (κ2) is 6.53. The van der Waals surface area contributed by atoms with Crippen LogP contribution in [0.2, 0.25) is 0 Å². The largest absolute Gasteiger partial charge is 0.379 e. The minimum atomic E-state index is 0.584. The fraction of sp³-hybridized carbons (Fsp3) is 0.800. The van der Waals surface area contributed by atoms with Crippen molar-refractivity contribution in [1.82, 2.24) is 20.3 Å². The van der Waals surface area contributed by atoms with Crippen LogP contribution in [0.4, 0.5) is 0 Å². The molecule has 1 aromatic rings. The second-order valence-electron chi connectivity index (χ2n) is 3.97. The van der Waals surface area contributed by atoms with Crippen molar-refractivity contribution in [3.05, 3.63) is 11.9 Å². The summed E-state index contributed by atoms with van der Waals surface area (Å²) >= 11 is 0. The van der Waals surface area contributed by atoms with Gasteiger partial charge in [0.25, 0.3) is 0 Å². The van der Waals surface area contributed by atoms with E-state index in [1.165, 1.54) is 0 Å². The number of ether oxygens (including phenoxy) is 1. The van der Waals surface area contributed by atoms with Crippen LogP contribution in [0.5, 0.6) is 0 Å². The molecule has 0 unspecified atom stereocenters. The van der Waals surface area contributed by atoms with Crippen molar-refractivity contribution in [2.75, 3.05) is 20.3 Å². The van der Waals surface area contributed by atoms with E-state index in [4.69, 9.17) is 4.74 Å². The van der Waals surface area contributed by atoms with Gasteiger partial charge in [-0.1, -0.05) is 19.1 Å². The molecule has 0 radical (unpaired) electrons. The zero-order chi connectivity index (χ0) is 11.1. The van der Waals surface area contributed by atoms with Crippen molar-refractivity contribution in [3.8, 4) is 0 Å². The van der Waals surface area contributed by atoms with Gasteiger partial charge in [-0.25, -0.2) is 4.68 Å². The zero-order valence-electron chi connectivity index (χ0n) is 9.73. The highest BCUT2D eigenvalue weighted by atomic mass is 16.5. The number of aromatic nitrogens is 3. The summed E-state index contributed by atoms with van der Waals surface area (Å²) in [6, 6.07) is 0. The molecule has 15 heavy (non-hydrogen) atoms. The van der Waals surface area contributed by atoms with Crippen molar-refractivity contribution in [3.63, 3.8) is 0 Å². The molecule has 1 N–H and O–H groups in total. The lowest BCUT2D eigenvalue weighted by atomic mass is 10.2. The Bertz CT molecular complexity index is 272. The number of hydrogen-bond donors (Lipinski definition) is 1. The van der Waals surface area contributed by atoms with E-state index in [0.717, 1.165) is 25.4 Å². The summed E-state index contributed by atoms with van der Waals surface area (Å²) in [5.41, 5.74) is 0.960. The summed E-state index contributed by atoms with van der Waals surface area (Å²) in [5.74, 6) is 0.584. The monoisotopic (exact) mass is 212 g/mol. The molecule has 0 aliphatic carbocycles. The molecule has 0 saturated carbocycles. The van der Waals surface area contributed by atoms with Crippen molar-refractivity contribution in [2.24, 2.45) is 5.92 Å². The van der Waals surface area contributed by atoms with Crippen molar-refractivity contribution in [2.45, 2.75) is 26.9 Å². The maximum Gasteiger partial charge on any atom is 0.0964 e. The van der Waals surface area contributed by atoms with Gasteiger partial charge in [0.15, 0.2) is 0 Å². The first-order chi connectivity index (χ1) is 7.22. The van der Waals surface area contributed by atoms with Crippen molar-refractivity contribution in [1.29, 1.82) is 0 Å². The Labute approximate surface area is 90.8 Å². The first-order valence-electron chi connectivity index (χ1n) is 5.33. The van der Waals surface area contributed by atoms with Gasteiger partial charge in [0.1, 0.15) is 0 Å². The normalized spacial score (nSPS) is 11.2. The fourth-order valence-electron chi connectivity index (χ4n) is 1.19. The van der Waals surface area contributed by atoms with E-state index < -0.39 is 0 Å². The minimum absolute atomic E-state index is 0.584. The highest BCUT2D eigenvalue weighted by Gasteiger charge is 1.99. The summed E-state index contributed by atoms with van der Waals surface area (Å²) in [4.78, 5) is 0. The smallest absolute Gasteiger partial charge is 0.0964 e. The molecule has 0 bridgehead atoms. The van der Waals surface area contributed by atoms with Gasteiger partial charge in [-0.3, -0.25) is 0 Å². The molecule has 0 saturated heterocycles. The van der Waals surface area contributed by atoms with E-state index in [0.29, 0.717) is 12.5 Å². The van der Waals surface area contributed by atoms with Crippen LogP contribution in [0.3, 0.4) is 0 Å². The van der Waals surface area contributed by atoms with Crippen LogP contribution >= 0.6 is 0 Å². The Morgan fingerprint density at radius 3 is 3.00 bits per heavy atom. The van der Waals surface area contributed by atoms with E-state index >= 15 is 0 Å². The molecule has 0 aromatic carbocycles. The third-order valence-corrected chi connectivity index (χ3v) is 1.86. The molecule has 0 spiro atoms. The molecule has 1 aromatic heterocycles. The molecule has 0 aliphatic rings. The van der Waals surface area contributed by atoms with Crippen molar-refractivity contribution < 1.29 is 4.74 Å². The van der Waals surface area contributed by atoms with Gasteiger partial charge < -0.3 is 10.1 Å². The SMILES string of the molecule is CNCc1cn(CCOCC(C)C)nn1. The van der Waals surface area contributed by atoms with Gasteiger partial charge in [0.2, 0.25) is 0 Å². The molecular weight excluding hydrogens is 192 g/mol. The second-order valence-corrected chi connectivity index (χ2v) is 3.97. The Kier molecular flexibility index (Phi) is 5.28. The van der Waals surface area contributed by atoms with Crippen molar-refractivity contribution >= 4 is 0 Å². The van der Waals surface area contributed by atoms with E-state index in [9.17, 15) is 0 Å². The number of hydrogen-bond acceptors (Lipinski definition) is 4. The predicted molar refractivity (Wildman–Crippen MR) is 58.4 cm³/mol. The Hall–Kier alpha value is -0.940. The molecule has 1 rings (SSSR count). The molecule has 5 nitrogen and oxygen atoms in total. The third-order valence-electron chi connectivity index (χ3n) is 1.86. The van der Waals surface area contributed by atoms with Gasteiger partial charge in [-0.05, 0) is 13.0 Å². The first-order valence-corrected chi connectivity index (χ1v) is 5.33. The first kappa shape index (κ1) is 12.1. The zero-order valence-corrected chi connectivity index (χ0v) is 9.73. The lowest BCUT2D eigenvalue weighted by molar-refractivity contribution is 0.101. The van der Waals surface area contributed by atoms with Crippen LogP contribution in [-0.4, -0.2) is 35.3 Å². The molecule has 0 atom stereocenters. The summed E-state index contributed by atoms with van der Waals surface area (Å²) in [7, 11) is 1.89. The average molecular weight is 212 g/mol. The van der Waals surface area contributed by atoms with Gasteiger partial charge in [-0.2, -0.15) is 0 Å². The molecule has 0 aliphatic heterocycles. The Balaban J connectivity index is 2.19. The summed E-state index contributed by atoms with van der Waals surface area (Å²) < 4.78 is 7.28. The molecule has 1 heterocycles. The lowest BCUT2D eigenvalue weighted by Gasteiger charge is -2.05. The van der Waals surface area contributed by atoms with Crippen LogP contribution in [-0.2, 0) is 17.8 Å². The number of nitrogens with one attached hydrogen (secondary N) is 1. The molecule has 86 valence electrons. The standard InChI is InChI=1S/C10H20N4O/c1-9(2)8-15-5-4-14-7-10(6-11-3)12-13-14/h7,9,11H,4-6,8H2,1-3H3. The third kappa shape index (κ3) is 4.90. The molecule has 5 heteroatoms. The van der Waals surface area contributed by atoms with E-state index in [-0.39, 0.29) is 0 Å². The summed E-state index contributed by atoms with van der Waals surface area (Å²) in [6.07, 6.45) is 1.94. The highest BCUT2D eigenvalue weighted by Crippen LogP contribution is 1.95. The van der Waals surface area contributed by atoms with Crippen LogP contribution in [0.25, 0.3) is 0 Å². The van der Waals surface area contributed by atoms with Crippen LogP contribution in [0.1, 0.15) is 19.5 Å². The topological polar surface area (TPSA) is 52.0 Å². The number of nitrogens with zero attached hydrogens (tertiary/aromatic N) is 3. The maximum atomic E-state index is 5.46. The molecule has 0 fully saturated rings. The van der Waals surface area contributed by atoms with E-state index in [1.54, 1.807) is 0 Å². The minimum Gasteiger partial charge on any atom is -0.379 e. The number of rotatable bonds is 7. The average Bonchev–Trinajstić information content (AvgIpc) is 2.61. The van der Waals surface area contributed by atoms with Gasteiger partial charge in [0, 0.05) is 19.3 Å². The Morgan fingerprint density at radius 2 is 2.33 bits per heavy atom. The van der Waals surface area contributed by atoms with Gasteiger partial charge >= 0.3 is 0 Å². The predicted octanol–water partition coefficient (Wildman–Crippen LogP) is 0.670. The van der Waals surface area contributed by atoms with Crippen LogP contribution in [0, 0.1) is 5.92 Å². The maximum absolute atomic E-state index is 5.46. The van der Waals surface area contributed by atoms with E-state index in [1.807, 2.05) is 17.9 Å². The lowest BCUT2D eigenvalue weighted by Crippen LogP contribution is -2.10. The van der Waals surface area contributed by atoms with Crippen LogP contribution in [0.15, 0.2) is 6.20 Å². The highest BCUT2D eigenvalue weighted by molar-refractivity contribution is 4.90.